The Morgan fingerprint density at radius 2 is 2.09 bits per heavy atom. The van der Waals surface area contributed by atoms with Crippen LogP contribution < -0.4 is 10.5 Å². The van der Waals surface area contributed by atoms with Gasteiger partial charge in [-0.15, -0.1) is 0 Å². The summed E-state index contributed by atoms with van der Waals surface area (Å²) in [6, 6.07) is 4.36. The van der Waals surface area contributed by atoms with Gasteiger partial charge in [0.2, 0.25) is 0 Å². The Bertz CT molecular complexity index is 554. The van der Waals surface area contributed by atoms with Crippen LogP contribution in [0.3, 0.4) is 0 Å². The quantitative estimate of drug-likeness (QED) is 0.911. The number of likely N-dealkylation sites (tertiary alicyclic amines) is 1. The minimum Gasteiger partial charge on any atom is -0.480 e. The molecule has 120 valence electrons. The van der Waals surface area contributed by atoms with Crippen LogP contribution in [0.1, 0.15) is 36.5 Å². The number of amides is 1. The van der Waals surface area contributed by atoms with Crippen LogP contribution in [-0.2, 0) is 11.2 Å². The molecule has 4 heteroatoms. The second kappa shape index (κ2) is 5.92. The Kier molecular flexibility index (Phi) is 4.13. The lowest BCUT2D eigenvalue weighted by molar-refractivity contribution is -0.142. The third-order valence-corrected chi connectivity index (χ3v) is 5.16. The van der Waals surface area contributed by atoms with E-state index in [-0.39, 0.29) is 18.1 Å². The number of benzene rings is 1. The van der Waals surface area contributed by atoms with Gasteiger partial charge in [0.1, 0.15) is 5.75 Å². The number of carbonyl (C=O) groups excluding carboxylic acids is 1. The lowest BCUT2D eigenvalue weighted by Gasteiger charge is -2.39. The summed E-state index contributed by atoms with van der Waals surface area (Å²) in [4.78, 5) is 14.8. The van der Waals surface area contributed by atoms with Gasteiger partial charge in [0.15, 0.2) is 6.10 Å². The minimum absolute atomic E-state index is 0.105. The maximum Gasteiger partial charge on any atom is 0.264 e. The average molecular weight is 302 g/mol. The summed E-state index contributed by atoms with van der Waals surface area (Å²) in [7, 11) is 0. The SMILES string of the molecule is Cc1cc2c(cc1C)OC(C(=O)N1CCC(C)CC1CN)C2. The van der Waals surface area contributed by atoms with E-state index in [0.29, 0.717) is 18.9 Å². The molecule has 22 heavy (non-hydrogen) atoms. The zero-order chi connectivity index (χ0) is 15.9. The molecule has 2 N–H and O–H groups in total. The van der Waals surface area contributed by atoms with Gasteiger partial charge in [-0.25, -0.2) is 0 Å². The number of ether oxygens (including phenoxy) is 1. The molecule has 3 unspecified atom stereocenters. The fraction of sp³-hybridized carbons (Fsp3) is 0.611. The van der Waals surface area contributed by atoms with E-state index in [1.807, 2.05) is 4.90 Å². The van der Waals surface area contributed by atoms with Crippen LogP contribution in [0, 0.1) is 19.8 Å². The first-order valence-corrected chi connectivity index (χ1v) is 8.27. The molecule has 3 atom stereocenters. The molecule has 0 aromatic heterocycles. The van der Waals surface area contributed by atoms with Gasteiger partial charge in [0.25, 0.3) is 5.91 Å². The first kappa shape index (κ1) is 15.3. The number of nitrogens with two attached hydrogens (primary N) is 1. The van der Waals surface area contributed by atoms with Crippen molar-refractivity contribution in [1.29, 1.82) is 0 Å². The molecule has 3 rings (SSSR count). The second-order valence-corrected chi connectivity index (χ2v) is 6.91. The van der Waals surface area contributed by atoms with Gasteiger partial charge in [-0.1, -0.05) is 13.0 Å². The predicted molar refractivity (Wildman–Crippen MR) is 87.0 cm³/mol. The molecule has 1 fully saturated rings. The molecular formula is C18H26N2O2. The third-order valence-electron chi connectivity index (χ3n) is 5.16. The number of aryl methyl sites for hydroxylation is 2. The molecule has 0 radical (unpaired) electrons. The number of rotatable bonds is 2. The van der Waals surface area contributed by atoms with Crippen molar-refractivity contribution < 1.29 is 9.53 Å². The van der Waals surface area contributed by atoms with Crippen molar-refractivity contribution in [3.05, 3.63) is 28.8 Å². The number of nitrogens with zero attached hydrogens (tertiary/aromatic N) is 1. The molecule has 0 saturated carbocycles. The van der Waals surface area contributed by atoms with Gasteiger partial charge in [-0.05, 0) is 55.4 Å². The normalized spacial score (nSPS) is 27.5. The fourth-order valence-corrected chi connectivity index (χ4v) is 3.60. The second-order valence-electron chi connectivity index (χ2n) is 6.91. The van der Waals surface area contributed by atoms with Crippen LogP contribution in [0.4, 0.5) is 0 Å². The molecule has 2 heterocycles. The molecule has 0 bridgehead atoms. The van der Waals surface area contributed by atoms with Crippen molar-refractivity contribution in [2.24, 2.45) is 11.7 Å². The van der Waals surface area contributed by atoms with Gasteiger partial charge in [0, 0.05) is 25.6 Å². The highest BCUT2D eigenvalue weighted by Gasteiger charge is 2.37. The molecule has 2 aliphatic heterocycles. The number of fused-ring (bicyclic) bond motifs is 1. The van der Waals surface area contributed by atoms with Crippen molar-refractivity contribution >= 4 is 5.91 Å². The average Bonchev–Trinajstić information content (AvgIpc) is 2.89. The molecular weight excluding hydrogens is 276 g/mol. The summed E-state index contributed by atoms with van der Waals surface area (Å²) in [5, 5.41) is 0. The number of hydrogen-bond acceptors (Lipinski definition) is 3. The molecule has 4 nitrogen and oxygen atoms in total. The number of hydrogen-bond donors (Lipinski definition) is 1. The summed E-state index contributed by atoms with van der Waals surface area (Å²) >= 11 is 0. The van der Waals surface area contributed by atoms with Crippen LogP contribution >= 0.6 is 0 Å². The maximum absolute atomic E-state index is 12.9. The number of piperidine rings is 1. The minimum atomic E-state index is -0.376. The van der Waals surface area contributed by atoms with Gasteiger partial charge < -0.3 is 15.4 Å². The first-order valence-electron chi connectivity index (χ1n) is 8.27. The number of carbonyl (C=O) groups is 1. The highest BCUT2D eigenvalue weighted by Crippen LogP contribution is 2.33. The molecule has 2 aliphatic rings. The van der Waals surface area contributed by atoms with Gasteiger partial charge in [0.05, 0.1) is 0 Å². The van der Waals surface area contributed by atoms with E-state index in [1.54, 1.807) is 0 Å². The molecule has 1 aromatic rings. The summed E-state index contributed by atoms with van der Waals surface area (Å²) in [6.07, 6.45) is 2.36. The maximum atomic E-state index is 12.9. The Labute approximate surface area is 132 Å². The van der Waals surface area contributed by atoms with E-state index >= 15 is 0 Å². The Hall–Kier alpha value is -1.55. The summed E-state index contributed by atoms with van der Waals surface area (Å²) < 4.78 is 5.95. The smallest absolute Gasteiger partial charge is 0.264 e. The molecule has 1 amide bonds. The summed E-state index contributed by atoms with van der Waals surface area (Å²) in [5.74, 6) is 1.62. The van der Waals surface area contributed by atoms with Crippen LogP contribution in [0.25, 0.3) is 0 Å². The zero-order valence-corrected chi connectivity index (χ0v) is 13.8. The fourth-order valence-electron chi connectivity index (χ4n) is 3.60. The van der Waals surface area contributed by atoms with Crippen LogP contribution in [0.15, 0.2) is 12.1 Å². The lowest BCUT2D eigenvalue weighted by Crippen LogP contribution is -2.53. The van der Waals surface area contributed by atoms with E-state index < -0.39 is 0 Å². The van der Waals surface area contributed by atoms with Gasteiger partial charge in [-0.2, -0.15) is 0 Å². The van der Waals surface area contributed by atoms with Crippen molar-refractivity contribution in [2.75, 3.05) is 13.1 Å². The lowest BCUT2D eigenvalue weighted by atomic mass is 9.91. The van der Waals surface area contributed by atoms with E-state index in [0.717, 1.165) is 30.7 Å². The van der Waals surface area contributed by atoms with E-state index in [9.17, 15) is 4.79 Å². The largest absolute Gasteiger partial charge is 0.480 e. The third kappa shape index (κ3) is 2.72. The van der Waals surface area contributed by atoms with E-state index in [1.165, 1.54) is 11.1 Å². The van der Waals surface area contributed by atoms with Crippen molar-refractivity contribution in [3.63, 3.8) is 0 Å². The summed E-state index contributed by atoms with van der Waals surface area (Å²) in [5.41, 5.74) is 9.49. The van der Waals surface area contributed by atoms with Crippen LogP contribution in [-0.4, -0.2) is 36.0 Å². The monoisotopic (exact) mass is 302 g/mol. The highest BCUT2D eigenvalue weighted by molar-refractivity contribution is 5.83. The Morgan fingerprint density at radius 1 is 1.36 bits per heavy atom. The predicted octanol–water partition coefficient (Wildman–Crippen LogP) is 2.19. The van der Waals surface area contributed by atoms with Crippen LogP contribution in [0.2, 0.25) is 0 Å². The molecule has 1 aromatic carbocycles. The molecule has 1 saturated heterocycles. The van der Waals surface area contributed by atoms with Gasteiger partial charge >= 0.3 is 0 Å². The Balaban J connectivity index is 1.74. The molecule has 0 spiro atoms. The van der Waals surface area contributed by atoms with Crippen molar-refractivity contribution in [1.82, 2.24) is 4.90 Å². The standard InChI is InChI=1S/C18H26N2O2/c1-11-4-5-20(15(6-11)10-19)18(21)17-9-14-7-12(2)13(3)8-16(14)22-17/h7-8,11,15,17H,4-6,9-10,19H2,1-3H3. The highest BCUT2D eigenvalue weighted by atomic mass is 16.5. The first-order chi connectivity index (χ1) is 10.5. The topological polar surface area (TPSA) is 55.6 Å². The van der Waals surface area contributed by atoms with Crippen LogP contribution in [0.5, 0.6) is 5.75 Å². The van der Waals surface area contributed by atoms with Crippen molar-refractivity contribution in [2.45, 2.75) is 52.2 Å². The van der Waals surface area contributed by atoms with Crippen molar-refractivity contribution in [3.8, 4) is 5.75 Å². The Morgan fingerprint density at radius 3 is 2.82 bits per heavy atom. The van der Waals surface area contributed by atoms with Gasteiger partial charge in [-0.3, -0.25) is 4.79 Å². The summed E-state index contributed by atoms with van der Waals surface area (Å²) in [6.45, 7) is 7.74. The molecule has 0 aliphatic carbocycles. The zero-order valence-electron chi connectivity index (χ0n) is 13.8. The van der Waals surface area contributed by atoms with E-state index in [4.69, 9.17) is 10.5 Å². The van der Waals surface area contributed by atoms with E-state index in [2.05, 4.69) is 32.9 Å².